The van der Waals surface area contributed by atoms with Crippen LogP contribution in [-0.2, 0) is 20.9 Å². The predicted octanol–water partition coefficient (Wildman–Crippen LogP) is 1.51. The van der Waals surface area contributed by atoms with Crippen molar-refractivity contribution in [3.05, 3.63) is 59.7 Å². The van der Waals surface area contributed by atoms with Gasteiger partial charge in [0.1, 0.15) is 0 Å². The molecule has 0 atom stereocenters. The van der Waals surface area contributed by atoms with Gasteiger partial charge in [0, 0.05) is 12.6 Å². The number of hydrogen-bond acceptors (Lipinski definition) is 6. The second-order valence-electron chi connectivity index (χ2n) is 7.14. The zero-order chi connectivity index (χ0) is 22.8. The number of hydrazone groups is 1. The molecule has 0 aliphatic heterocycles. The fourth-order valence-corrected chi connectivity index (χ4v) is 2.68. The van der Waals surface area contributed by atoms with Gasteiger partial charge in [-0.25, -0.2) is 5.43 Å². The molecule has 168 valence electrons. The molecule has 2 aromatic carbocycles. The van der Waals surface area contributed by atoms with E-state index >= 15 is 0 Å². The number of ether oxygens (including phenoxy) is 2. The third-order valence-electron chi connectivity index (χ3n) is 4.46. The second kappa shape index (κ2) is 11.5. The topological polar surface area (TPSA) is 118 Å². The molecule has 0 heterocycles. The quantitative estimate of drug-likeness (QED) is 0.295. The van der Waals surface area contributed by atoms with E-state index in [0.717, 1.165) is 18.4 Å². The normalized spacial score (nSPS) is 12.8. The molecule has 0 spiro atoms. The lowest BCUT2D eigenvalue weighted by Gasteiger charge is -2.12. The number of rotatable bonds is 10. The van der Waals surface area contributed by atoms with Crippen molar-refractivity contribution in [2.24, 2.45) is 5.10 Å². The smallest absolute Gasteiger partial charge is 0.329 e. The molecule has 1 aliphatic rings. The summed E-state index contributed by atoms with van der Waals surface area (Å²) in [6, 6.07) is 14.7. The Morgan fingerprint density at radius 3 is 2.53 bits per heavy atom. The summed E-state index contributed by atoms with van der Waals surface area (Å²) < 4.78 is 11.2. The van der Waals surface area contributed by atoms with Gasteiger partial charge in [0.25, 0.3) is 5.91 Å². The molecule has 32 heavy (non-hydrogen) atoms. The summed E-state index contributed by atoms with van der Waals surface area (Å²) in [6.45, 7) is 2.48. The van der Waals surface area contributed by atoms with Gasteiger partial charge < -0.3 is 20.1 Å². The fraction of sp³-hybridized carbons (Fsp3) is 0.304. The van der Waals surface area contributed by atoms with E-state index in [1.54, 1.807) is 18.2 Å². The van der Waals surface area contributed by atoms with E-state index in [-0.39, 0.29) is 18.6 Å². The van der Waals surface area contributed by atoms with Gasteiger partial charge in [-0.15, -0.1) is 0 Å². The first-order valence-electron chi connectivity index (χ1n) is 10.4. The summed E-state index contributed by atoms with van der Waals surface area (Å²) in [5, 5.41) is 9.18. The van der Waals surface area contributed by atoms with Gasteiger partial charge in [-0.2, -0.15) is 5.10 Å². The molecule has 0 aromatic heterocycles. The number of nitrogens with zero attached hydrogens (tertiary/aromatic N) is 1. The van der Waals surface area contributed by atoms with Crippen LogP contribution in [0.4, 0.5) is 0 Å². The minimum atomic E-state index is -0.820. The Hall–Kier alpha value is -3.88. The van der Waals surface area contributed by atoms with E-state index in [0.29, 0.717) is 30.2 Å². The highest BCUT2D eigenvalue weighted by Gasteiger charge is 2.26. The molecule has 1 saturated carbocycles. The average Bonchev–Trinajstić information content (AvgIpc) is 3.62. The summed E-state index contributed by atoms with van der Waals surface area (Å²) >= 11 is 0. The van der Waals surface area contributed by atoms with Gasteiger partial charge in [0.2, 0.25) is 0 Å². The van der Waals surface area contributed by atoms with Crippen LogP contribution in [-0.4, -0.2) is 43.2 Å². The molecule has 9 heteroatoms. The van der Waals surface area contributed by atoms with Crippen LogP contribution in [0.3, 0.4) is 0 Å². The van der Waals surface area contributed by atoms with E-state index in [2.05, 4.69) is 21.2 Å². The summed E-state index contributed by atoms with van der Waals surface area (Å²) in [5.41, 5.74) is 3.81. The zero-order valence-corrected chi connectivity index (χ0v) is 17.8. The largest absolute Gasteiger partial charge is 0.490 e. The molecule has 3 N–H and O–H groups in total. The minimum absolute atomic E-state index is 0.0962. The van der Waals surface area contributed by atoms with Crippen molar-refractivity contribution < 1.29 is 23.9 Å². The number of nitrogens with one attached hydrogen (secondary N) is 3. The van der Waals surface area contributed by atoms with Crippen molar-refractivity contribution in [2.75, 3.05) is 13.2 Å². The molecule has 2 aromatic rings. The van der Waals surface area contributed by atoms with Crippen LogP contribution >= 0.6 is 0 Å². The fourth-order valence-electron chi connectivity index (χ4n) is 2.68. The van der Waals surface area contributed by atoms with Crippen molar-refractivity contribution in [1.29, 1.82) is 0 Å². The Bertz CT molecular complexity index is 974. The highest BCUT2D eigenvalue weighted by molar-refractivity contribution is 6.35. The molecule has 0 bridgehead atoms. The van der Waals surface area contributed by atoms with E-state index in [4.69, 9.17) is 9.47 Å². The Morgan fingerprint density at radius 1 is 1.03 bits per heavy atom. The molecule has 0 unspecified atom stereocenters. The number of amides is 3. The lowest BCUT2D eigenvalue weighted by Crippen LogP contribution is -2.38. The van der Waals surface area contributed by atoms with Crippen LogP contribution in [0, 0.1) is 0 Å². The molecule has 0 saturated heterocycles. The number of carbonyl (C=O) groups is 3. The van der Waals surface area contributed by atoms with E-state index < -0.39 is 11.8 Å². The Balaban J connectivity index is 1.51. The lowest BCUT2D eigenvalue weighted by atomic mass is 10.2. The maximum Gasteiger partial charge on any atom is 0.329 e. The standard InChI is InChI=1S/C23H26N4O5/c1-2-31-20-12-17(14-25-27-23(30)22(29)26-18-9-10-18)8-11-19(20)32-15-21(28)24-13-16-6-4-3-5-7-16/h3-8,11-12,14,18H,2,9-10,13,15H2,1H3,(H,24,28)(H,26,29)(H,27,30)/b25-14-. The molecule has 1 fully saturated rings. The van der Waals surface area contributed by atoms with Gasteiger partial charge in [-0.3, -0.25) is 14.4 Å². The highest BCUT2D eigenvalue weighted by Crippen LogP contribution is 2.28. The zero-order valence-electron chi connectivity index (χ0n) is 17.8. The minimum Gasteiger partial charge on any atom is -0.490 e. The first-order valence-corrected chi connectivity index (χ1v) is 10.4. The molecule has 1 aliphatic carbocycles. The lowest BCUT2D eigenvalue weighted by molar-refractivity contribution is -0.139. The third kappa shape index (κ3) is 7.42. The number of carbonyl (C=O) groups excluding carboxylic acids is 3. The predicted molar refractivity (Wildman–Crippen MR) is 118 cm³/mol. The second-order valence-corrected chi connectivity index (χ2v) is 7.14. The van der Waals surface area contributed by atoms with Gasteiger partial charge in [0.15, 0.2) is 18.1 Å². The molecular weight excluding hydrogens is 412 g/mol. The summed E-state index contributed by atoms with van der Waals surface area (Å²) in [5.74, 6) is -0.931. The molecule has 3 amide bonds. The van der Waals surface area contributed by atoms with Gasteiger partial charge in [-0.05, 0) is 49.1 Å². The Kier molecular flexibility index (Phi) is 8.19. The van der Waals surface area contributed by atoms with Crippen molar-refractivity contribution in [3.8, 4) is 11.5 Å². The molecule has 3 rings (SSSR count). The van der Waals surface area contributed by atoms with E-state index in [9.17, 15) is 14.4 Å². The first-order chi connectivity index (χ1) is 15.5. The average molecular weight is 438 g/mol. The molecule has 9 nitrogen and oxygen atoms in total. The number of benzene rings is 2. The summed E-state index contributed by atoms with van der Waals surface area (Å²) in [4.78, 5) is 35.4. The van der Waals surface area contributed by atoms with Crippen molar-refractivity contribution in [2.45, 2.75) is 32.4 Å². The van der Waals surface area contributed by atoms with Crippen molar-refractivity contribution in [1.82, 2.24) is 16.1 Å². The van der Waals surface area contributed by atoms with Crippen LogP contribution in [0.1, 0.15) is 30.9 Å². The Morgan fingerprint density at radius 2 is 1.81 bits per heavy atom. The van der Waals surface area contributed by atoms with Crippen LogP contribution in [0.2, 0.25) is 0 Å². The van der Waals surface area contributed by atoms with E-state index in [1.807, 2.05) is 37.3 Å². The van der Waals surface area contributed by atoms with Gasteiger partial charge in [0.05, 0.1) is 12.8 Å². The van der Waals surface area contributed by atoms with Crippen molar-refractivity contribution >= 4 is 23.9 Å². The molecular formula is C23H26N4O5. The van der Waals surface area contributed by atoms with Crippen LogP contribution in [0.25, 0.3) is 0 Å². The first kappa shape index (κ1) is 22.8. The third-order valence-corrected chi connectivity index (χ3v) is 4.46. The maximum atomic E-state index is 12.1. The summed E-state index contributed by atoms with van der Waals surface area (Å²) in [6.07, 6.45) is 3.18. The molecule has 0 radical (unpaired) electrons. The Labute approximate surface area is 186 Å². The van der Waals surface area contributed by atoms with Crippen LogP contribution in [0.5, 0.6) is 11.5 Å². The maximum absolute atomic E-state index is 12.1. The SMILES string of the molecule is CCOc1cc(/C=N\NC(=O)C(=O)NC2CC2)ccc1OCC(=O)NCc1ccccc1. The number of hydrogen-bond donors (Lipinski definition) is 3. The van der Waals surface area contributed by atoms with Crippen molar-refractivity contribution in [3.63, 3.8) is 0 Å². The summed E-state index contributed by atoms with van der Waals surface area (Å²) in [7, 11) is 0. The van der Waals surface area contributed by atoms with Crippen LogP contribution < -0.4 is 25.5 Å². The van der Waals surface area contributed by atoms with Gasteiger partial charge >= 0.3 is 11.8 Å². The highest BCUT2D eigenvalue weighted by atomic mass is 16.5. The van der Waals surface area contributed by atoms with Crippen LogP contribution in [0.15, 0.2) is 53.6 Å². The van der Waals surface area contributed by atoms with Gasteiger partial charge in [-0.1, -0.05) is 30.3 Å². The monoisotopic (exact) mass is 438 g/mol. The van der Waals surface area contributed by atoms with E-state index in [1.165, 1.54) is 6.21 Å².